The van der Waals surface area contributed by atoms with Crippen LogP contribution in [0.5, 0.6) is 0 Å². The predicted octanol–water partition coefficient (Wildman–Crippen LogP) is 1.71. The minimum atomic E-state index is 0.284. The van der Waals surface area contributed by atoms with E-state index in [4.69, 9.17) is 0 Å². The minimum Gasteiger partial charge on any atom is -0.361 e. The number of rotatable bonds is 8. The summed E-state index contributed by atoms with van der Waals surface area (Å²) < 4.78 is 0. The average molecular weight is 212 g/mol. The van der Waals surface area contributed by atoms with E-state index >= 15 is 0 Å². The molecule has 0 aromatic carbocycles. The van der Waals surface area contributed by atoms with Crippen molar-refractivity contribution in [3.05, 3.63) is 0 Å². The summed E-state index contributed by atoms with van der Waals surface area (Å²) in [6.07, 6.45) is 3.78. The van der Waals surface area contributed by atoms with Crippen LogP contribution in [-0.4, -0.2) is 26.1 Å². The summed E-state index contributed by atoms with van der Waals surface area (Å²) in [5, 5.41) is 6.99. The highest BCUT2D eigenvalue weighted by molar-refractivity contribution is 6.04. The van der Waals surface area contributed by atoms with Crippen molar-refractivity contribution < 1.29 is 0 Å². The number of hydrogen-bond donors (Lipinski definition) is 2. The molecule has 0 bridgehead atoms. The van der Waals surface area contributed by atoms with E-state index in [0.29, 0.717) is 6.04 Å². The molecule has 0 aliphatic carbocycles. The van der Waals surface area contributed by atoms with Gasteiger partial charge in [0, 0.05) is 11.6 Å². The van der Waals surface area contributed by atoms with Crippen LogP contribution in [0.3, 0.4) is 0 Å². The van der Waals surface area contributed by atoms with E-state index < -0.39 is 0 Å². The van der Waals surface area contributed by atoms with Crippen LogP contribution in [0.4, 0.5) is 0 Å². The minimum absolute atomic E-state index is 0.284. The van der Waals surface area contributed by atoms with Crippen molar-refractivity contribution in [2.45, 2.75) is 65.5 Å². The largest absolute Gasteiger partial charge is 0.361 e. The number of hydrogen-bond acceptors (Lipinski definition) is 2. The Hall–Kier alpha value is -0.0151. The molecular formula is C12H29BN2. The third-order valence-electron chi connectivity index (χ3n) is 3.63. The van der Waals surface area contributed by atoms with Crippen molar-refractivity contribution in [3.63, 3.8) is 0 Å². The molecule has 90 valence electrons. The van der Waals surface area contributed by atoms with Crippen molar-refractivity contribution in [2.75, 3.05) is 6.54 Å². The maximum absolute atomic E-state index is 3.77. The Morgan fingerprint density at radius 2 is 1.87 bits per heavy atom. The van der Waals surface area contributed by atoms with E-state index in [1.54, 1.807) is 0 Å². The van der Waals surface area contributed by atoms with Crippen LogP contribution in [-0.2, 0) is 0 Å². The molecule has 0 heterocycles. The van der Waals surface area contributed by atoms with Crippen LogP contribution >= 0.6 is 0 Å². The van der Waals surface area contributed by atoms with Gasteiger partial charge in [-0.2, -0.15) is 0 Å². The maximum atomic E-state index is 3.77. The van der Waals surface area contributed by atoms with Gasteiger partial charge in [-0.15, -0.1) is 0 Å². The van der Waals surface area contributed by atoms with Crippen LogP contribution in [0.15, 0.2) is 0 Å². The highest BCUT2D eigenvalue weighted by Gasteiger charge is 2.29. The summed E-state index contributed by atoms with van der Waals surface area (Å²) in [7, 11) is 2.01. The lowest BCUT2D eigenvalue weighted by atomic mass is 9.81. The molecule has 0 spiro atoms. The monoisotopic (exact) mass is 212 g/mol. The SMILES string of the molecule is BNCC(C)NC(C)(CC)C(C)CCC. The first-order chi connectivity index (χ1) is 7.00. The first-order valence-electron chi connectivity index (χ1n) is 6.42. The third kappa shape index (κ3) is 5.03. The fourth-order valence-corrected chi connectivity index (χ4v) is 2.26. The van der Waals surface area contributed by atoms with Gasteiger partial charge in [-0.25, -0.2) is 0 Å². The molecule has 0 fully saturated rings. The molecule has 0 rings (SSSR count). The second kappa shape index (κ2) is 7.29. The highest BCUT2D eigenvalue weighted by Crippen LogP contribution is 2.25. The van der Waals surface area contributed by atoms with Gasteiger partial charge in [0.2, 0.25) is 0 Å². The van der Waals surface area contributed by atoms with Crippen LogP contribution in [0, 0.1) is 5.92 Å². The lowest BCUT2D eigenvalue weighted by molar-refractivity contribution is 0.204. The van der Waals surface area contributed by atoms with Crippen LogP contribution in [0.25, 0.3) is 0 Å². The molecule has 0 saturated heterocycles. The Labute approximate surface area is 97.0 Å². The normalized spacial score (nSPS) is 19.5. The zero-order valence-electron chi connectivity index (χ0n) is 11.5. The van der Waals surface area contributed by atoms with Gasteiger partial charge >= 0.3 is 0 Å². The Kier molecular flexibility index (Phi) is 7.28. The first kappa shape index (κ1) is 15.0. The molecule has 0 aromatic heterocycles. The van der Waals surface area contributed by atoms with Gasteiger partial charge in [-0.05, 0) is 39.2 Å². The quantitative estimate of drug-likeness (QED) is 0.598. The standard InChI is InChI=1S/C12H29BN2/c1-6-8-10(3)12(5,7-2)15-11(4)9-14-13/h10-11,14-15H,6-9,13H2,1-5H3. The summed E-state index contributed by atoms with van der Waals surface area (Å²) in [5.41, 5.74) is 0.284. The van der Waals surface area contributed by atoms with Crippen molar-refractivity contribution in [3.8, 4) is 0 Å². The Morgan fingerprint density at radius 3 is 2.27 bits per heavy atom. The van der Waals surface area contributed by atoms with Crippen molar-refractivity contribution in [1.29, 1.82) is 0 Å². The van der Waals surface area contributed by atoms with Crippen LogP contribution in [0.1, 0.15) is 53.9 Å². The highest BCUT2D eigenvalue weighted by atomic mass is 15.0. The van der Waals surface area contributed by atoms with Crippen molar-refractivity contribution in [2.24, 2.45) is 5.92 Å². The zero-order valence-corrected chi connectivity index (χ0v) is 11.5. The van der Waals surface area contributed by atoms with Gasteiger partial charge in [0.1, 0.15) is 0 Å². The Bertz CT molecular complexity index is 164. The molecule has 2 N–H and O–H groups in total. The molecule has 2 nitrogen and oxygen atoms in total. The molecule has 0 radical (unpaired) electrons. The van der Waals surface area contributed by atoms with Gasteiger partial charge in [0.25, 0.3) is 0 Å². The molecule has 3 unspecified atom stereocenters. The van der Waals surface area contributed by atoms with E-state index in [9.17, 15) is 0 Å². The topological polar surface area (TPSA) is 24.1 Å². The van der Waals surface area contributed by atoms with E-state index in [0.717, 1.165) is 12.5 Å². The van der Waals surface area contributed by atoms with E-state index in [1.165, 1.54) is 19.3 Å². The molecule has 3 heteroatoms. The summed E-state index contributed by atoms with van der Waals surface area (Å²) >= 11 is 0. The Balaban J connectivity index is 4.28. The van der Waals surface area contributed by atoms with Gasteiger partial charge in [0.15, 0.2) is 7.98 Å². The molecule has 0 saturated carbocycles. The predicted molar refractivity (Wildman–Crippen MR) is 71.9 cm³/mol. The molecule has 0 aromatic rings. The average Bonchev–Trinajstić information content (AvgIpc) is 2.18. The number of nitrogens with one attached hydrogen (secondary N) is 2. The van der Waals surface area contributed by atoms with Gasteiger partial charge in [-0.1, -0.05) is 27.2 Å². The fraction of sp³-hybridized carbons (Fsp3) is 1.00. The molecule has 3 atom stereocenters. The molecule has 15 heavy (non-hydrogen) atoms. The van der Waals surface area contributed by atoms with Gasteiger partial charge in [-0.3, -0.25) is 0 Å². The summed E-state index contributed by atoms with van der Waals surface area (Å²) in [4.78, 5) is 0. The van der Waals surface area contributed by atoms with Crippen LogP contribution in [0.2, 0.25) is 0 Å². The summed E-state index contributed by atoms with van der Waals surface area (Å²) in [6, 6.07) is 0.541. The molecule has 0 amide bonds. The van der Waals surface area contributed by atoms with E-state index in [1.807, 2.05) is 7.98 Å². The van der Waals surface area contributed by atoms with Crippen LogP contribution < -0.4 is 10.5 Å². The lowest BCUT2D eigenvalue weighted by Crippen LogP contribution is -2.53. The molecule has 0 aliphatic rings. The zero-order chi connectivity index (χ0) is 11.9. The fourth-order valence-electron chi connectivity index (χ4n) is 2.26. The Morgan fingerprint density at radius 1 is 1.27 bits per heavy atom. The second-order valence-electron chi connectivity index (χ2n) is 5.06. The van der Waals surface area contributed by atoms with Crippen molar-refractivity contribution >= 4 is 7.98 Å². The van der Waals surface area contributed by atoms with Gasteiger partial charge in [0.05, 0.1) is 0 Å². The first-order valence-corrected chi connectivity index (χ1v) is 6.42. The lowest BCUT2D eigenvalue weighted by Gasteiger charge is -2.39. The summed E-state index contributed by atoms with van der Waals surface area (Å²) in [5.74, 6) is 0.742. The van der Waals surface area contributed by atoms with E-state index in [-0.39, 0.29) is 5.54 Å². The smallest absolute Gasteiger partial charge is 0.182 e. The van der Waals surface area contributed by atoms with E-state index in [2.05, 4.69) is 45.2 Å². The second-order valence-corrected chi connectivity index (χ2v) is 5.06. The maximum Gasteiger partial charge on any atom is 0.182 e. The third-order valence-corrected chi connectivity index (χ3v) is 3.63. The van der Waals surface area contributed by atoms with Gasteiger partial charge < -0.3 is 10.5 Å². The summed E-state index contributed by atoms with van der Waals surface area (Å²) in [6.45, 7) is 12.6. The van der Waals surface area contributed by atoms with Crippen molar-refractivity contribution in [1.82, 2.24) is 10.5 Å². The molecular weight excluding hydrogens is 183 g/mol. The molecule has 0 aliphatic heterocycles.